The third-order valence-corrected chi connectivity index (χ3v) is 3.07. The lowest BCUT2D eigenvalue weighted by Crippen LogP contribution is -2.11. The molecule has 1 fully saturated rings. The number of rotatable bonds is 3. The minimum atomic E-state index is -4.41. The molecule has 0 atom stereocenters. The van der Waals surface area contributed by atoms with Crippen LogP contribution in [0.1, 0.15) is 43.0 Å². The molecule has 17 heavy (non-hydrogen) atoms. The van der Waals surface area contributed by atoms with Crippen molar-refractivity contribution in [2.45, 2.75) is 44.5 Å². The number of nitrogens with zero attached hydrogens (tertiary/aromatic N) is 2. The maximum Gasteiger partial charge on any atom is 0.435 e. The van der Waals surface area contributed by atoms with Gasteiger partial charge in [-0.05, 0) is 12.8 Å². The maximum absolute atomic E-state index is 12.7. The van der Waals surface area contributed by atoms with Crippen molar-refractivity contribution in [1.82, 2.24) is 9.78 Å². The largest absolute Gasteiger partial charge is 0.435 e. The number of methoxy groups -OCH3 is 1. The highest BCUT2D eigenvalue weighted by Crippen LogP contribution is 2.34. The molecular weight excluding hydrogens is 233 g/mol. The third kappa shape index (κ3) is 2.62. The maximum atomic E-state index is 12.7. The van der Waals surface area contributed by atoms with Crippen LogP contribution in [-0.2, 0) is 17.5 Å². The van der Waals surface area contributed by atoms with Crippen molar-refractivity contribution in [3.8, 4) is 0 Å². The summed E-state index contributed by atoms with van der Waals surface area (Å²) >= 11 is 0. The first kappa shape index (κ1) is 12.4. The van der Waals surface area contributed by atoms with Gasteiger partial charge in [0, 0.05) is 18.9 Å². The molecular formula is C11H15F3N2O. The van der Waals surface area contributed by atoms with Crippen LogP contribution < -0.4 is 0 Å². The van der Waals surface area contributed by atoms with Crippen LogP contribution >= 0.6 is 0 Å². The molecule has 0 unspecified atom stereocenters. The summed E-state index contributed by atoms with van der Waals surface area (Å²) in [4.78, 5) is 0. The van der Waals surface area contributed by atoms with Crippen molar-refractivity contribution in [1.29, 1.82) is 0 Å². The van der Waals surface area contributed by atoms with E-state index in [1.807, 2.05) is 0 Å². The quantitative estimate of drug-likeness (QED) is 0.821. The second-order valence-corrected chi connectivity index (χ2v) is 4.35. The standard InChI is InChI=1S/C11H15F3N2O/c1-17-7-8-6-16(9-4-2-3-5-9)15-10(8)11(12,13)14/h6,9H,2-5,7H2,1H3. The fourth-order valence-electron chi connectivity index (χ4n) is 2.29. The zero-order valence-electron chi connectivity index (χ0n) is 9.63. The number of alkyl halides is 3. The van der Waals surface area contributed by atoms with Crippen LogP contribution in [0.15, 0.2) is 6.20 Å². The van der Waals surface area contributed by atoms with Gasteiger partial charge in [0.1, 0.15) is 0 Å². The summed E-state index contributed by atoms with van der Waals surface area (Å²) in [7, 11) is 1.38. The van der Waals surface area contributed by atoms with Gasteiger partial charge in [-0.3, -0.25) is 4.68 Å². The first-order valence-corrected chi connectivity index (χ1v) is 5.66. The summed E-state index contributed by atoms with van der Waals surface area (Å²) < 4.78 is 44.5. The first-order chi connectivity index (χ1) is 8.02. The Morgan fingerprint density at radius 1 is 1.41 bits per heavy atom. The molecule has 0 radical (unpaired) electrons. The molecule has 0 aromatic carbocycles. The highest BCUT2D eigenvalue weighted by molar-refractivity contribution is 5.19. The molecule has 2 rings (SSSR count). The molecule has 6 heteroatoms. The summed E-state index contributed by atoms with van der Waals surface area (Å²) in [5, 5.41) is 3.69. The predicted octanol–water partition coefficient (Wildman–Crippen LogP) is 3.16. The van der Waals surface area contributed by atoms with E-state index in [0.717, 1.165) is 25.7 Å². The molecule has 96 valence electrons. The average molecular weight is 248 g/mol. The van der Waals surface area contributed by atoms with E-state index >= 15 is 0 Å². The van der Waals surface area contributed by atoms with E-state index in [9.17, 15) is 13.2 Å². The van der Waals surface area contributed by atoms with Gasteiger partial charge in [0.2, 0.25) is 0 Å². The molecule has 1 aliphatic carbocycles. The van der Waals surface area contributed by atoms with E-state index < -0.39 is 11.9 Å². The van der Waals surface area contributed by atoms with Crippen LogP contribution in [0.25, 0.3) is 0 Å². The number of ether oxygens (including phenoxy) is 1. The SMILES string of the molecule is COCc1cn(C2CCCC2)nc1C(F)(F)F. The Bertz CT molecular complexity index is 381. The topological polar surface area (TPSA) is 27.1 Å². The summed E-state index contributed by atoms with van der Waals surface area (Å²) in [5.74, 6) is 0. The van der Waals surface area contributed by atoms with Crippen LogP contribution in [0.3, 0.4) is 0 Å². The first-order valence-electron chi connectivity index (χ1n) is 5.66. The van der Waals surface area contributed by atoms with Crippen LogP contribution in [0.4, 0.5) is 13.2 Å². The van der Waals surface area contributed by atoms with Gasteiger partial charge in [-0.15, -0.1) is 0 Å². The van der Waals surface area contributed by atoms with Crippen molar-refractivity contribution < 1.29 is 17.9 Å². The van der Waals surface area contributed by atoms with E-state index in [2.05, 4.69) is 5.10 Å². The lowest BCUT2D eigenvalue weighted by molar-refractivity contribution is -0.142. The van der Waals surface area contributed by atoms with Crippen LogP contribution in [0, 0.1) is 0 Å². The third-order valence-electron chi connectivity index (χ3n) is 3.07. The van der Waals surface area contributed by atoms with Crippen molar-refractivity contribution in [2.75, 3.05) is 7.11 Å². The van der Waals surface area contributed by atoms with Crippen molar-refractivity contribution in [2.24, 2.45) is 0 Å². The van der Waals surface area contributed by atoms with Gasteiger partial charge in [0.15, 0.2) is 5.69 Å². The van der Waals surface area contributed by atoms with Crippen LogP contribution in [0.2, 0.25) is 0 Å². The lowest BCUT2D eigenvalue weighted by Gasteiger charge is -2.09. The summed E-state index contributed by atoms with van der Waals surface area (Å²) in [5.41, 5.74) is -0.696. The second kappa shape index (κ2) is 4.68. The molecule has 0 aliphatic heterocycles. The molecule has 1 saturated carbocycles. The lowest BCUT2D eigenvalue weighted by atomic mass is 10.2. The minimum Gasteiger partial charge on any atom is -0.380 e. The number of aromatic nitrogens is 2. The molecule has 0 N–H and O–H groups in total. The van der Waals surface area contributed by atoms with Gasteiger partial charge >= 0.3 is 6.18 Å². The highest BCUT2D eigenvalue weighted by Gasteiger charge is 2.37. The Kier molecular flexibility index (Phi) is 3.42. The fourth-order valence-corrected chi connectivity index (χ4v) is 2.29. The summed E-state index contributed by atoms with van der Waals surface area (Å²) in [6.07, 6.45) is 1.01. The Morgan fingerprint density at radius 3 is 2.59 bits per heavy atom. The molecule has 1 aliphatic rings. The zero-order valence-corrected chi connectivity index (χ0v) is 9.63. The second-order valence-electron chi connectivity index (χ2n) is 4.35. The normalized spacial score (nSPS) is 17.9. The van der Waals surface area contributed by atoms with Crippen molar-refractivity contribution in [3.63, 3.8) is 0 Å². The molecule has 0 bridgehead atoms. The van der Waals surface area contributed by atoms with E-state index in [-0.39, 0.29) is 18.2 Å². The van der Waals surface area contributed by atoms with Gasteiger partial charge < -0.3 is 4.74 Å². The monoisotopic (exact) mass is 248 g/mol. The van der Waals surface area contributed by atoms with E-state index in [0.29, 0.717) is 0 Å². The zero-order chi connectivity index (χ0) is 12.5. The molecule has 1 aromatic rings. The summed E-state index contributed by atoms with van der Waals surface area (Å²) in [6, 6.07) is 0.113. The van der Waals surface area contributed by atoms with E-state index in [1.54, 1.807) is 0 Å². The van der Waals surface area contributed by atoms with E-state index in [1.165, 1.54) is 18.0 Å². The highest BCUT2D eigenvalue weighted by atomic mass is 19.4. The van der Waals surface area contributed by atoms with Crippen molar-refractivity contribution >= 4 is 0 Å². The fraction of sp³-hybridized carbons (Fsp3) is 0.727. The van der Waals surface area contributed by atoms with Gasteiger partial charge in [0.05, 0.1) is 12.6 Å². The smallest absolute Gasteiger partial charge is 0.380 e. The Balaban J connectivity index is 2.29. The summed E-state index contributed by atoms with van der Waals surface area (Å²) in [6.45, 7) is -0.0540. The Hall–Kier alpha value is -1.04. The number of hydrogen-bond acceptors (Lipinski definition) is 2. The molecule has 0 saturated heterocycles. The molecule has 1 heterocycles. The molecule has 1 aromatic heterocycles. The van der Waals surface area contributed by atoms with Crippen molar-refractivity contribution in [3.05, 3.63) is 17.5 Å². The van der Waals surface area contributed by atoms with Gasteiger partial charge in [-0.2, -0.15) is 18.3 Å². The molecule has 3 nitrogen and oxygen atoms in total. The van der Waals surface area contributed by atoms with Gasteiger partial charge in [-0.1, -0.05) is 12.8 Å². The van der Waals surface area contributed by atoms with Gasteiger partial charge in [0.25, 0.3) is 0 Å². The predicted molar refractivity (Wildman–Crippen MR) is 55.4 cm³/mol. The molecule has 0 spiro atoms. The molecule has 0 amide bonds. The van der Waals surface area contributed by atoms with E-state index in [4.69, 9.17) is 4.74 Å². The average Bonchev–Trinajstić information content (AvgIpc) is 2.82. The van der Waals surface area contributed by atoms with Crippen LogP contribution in [0.5, 0.6) is 0 Å². The Labute approximate surface area is 97.6 Å². The number of halogens is 3. The Morgan fingerprint density at radius 2 is 2.06 bits per heavy atom. The van der Waals surface area contributed by atoms with Crippen LogP contribution in [-0.4, -0.2) is 16.9 Å². The number of hydrogen-bond donors (Lipinski definition) is 0. The minimum absolute atomic E-state index is 0.0540. The van der Waals surface area contributed by atoms with Gasteiger partial charge in [-0.25, -0.2) is 0 Å².